The number of hydrogen-bond acceptors (Lipinski definition) is 3. The van der Waals surface area contributed by atoms with E-state index in [0.29, 0.717) is 39.0 Å². The zero-order chi connectivity index (χ0) is 20.0. The highest BCUT2D eigenvalue weighted by Gasteiger charge is 2.17. The van der Waals surface area contributed by atoms with Crippen molar-refractivity contribution in [2.24, 2.45) is 7.05 Å². The van der Waals surface area contributed by atoms with Crippen molar-refractivity contribution < 1.29 is 0 Å². The second kappa shape index (κ2) is 7.00. The van der Waals surface area contributed by atoms with Gasteiger partial charge in [0, 0.05) is 19.2 Å². The summed E-state index contributed by atoms with van der Waals surface area (Å²) in [5.41, 5.74) is 3.79. The second-order valence-electron chi connectivity index (χ2n) is 6.62. The third-order valence-corrected chi connectivity index (χ3v) is 5.56. The summed E-state index contributed by atoms with van der Waals surface area (Å²) in [6.45, 7) is 5.76. The quantitative estimate of drug-likeness (QED) is 0.434. The highest BCUT2D eigenvalue weighted by molar-refractivity contribution is 6.39. The topological polar surface area (TPSA) is 62.7 Å². The van der Waals surface area contributed by atoms with Gasteiger partial charge in [0.25, 0.3) is 5.56 Å². The molecule has 0 amide bonds. The number of halogens is 2. The van der Waals surface area contributed by atoms with E-state index >= 15 is 0 Å². The third kappa shape index (κ3) is 2.87. The SMILES string of the molecule is C=CCc1[nH]c(=O)c2c(ccc3nc(Nc4c(Cl)cccc4Cl)n(C)c32)c1C. The molecule has 0 saturated carbocycles. The number of nitrogens with zero attached hydrogens (tertiary/aromatic N) is 2. The number of hydrogen-bond donors (Lipinski definition) is 2. The van der Waals surface area contributed by atoms with Crippen molar-refractivity contribution in [3.05, 3.63) is 74.6 Å². The molecule has 2 heterocycles. The van der Waals surface area contributed by atoms with Crippen molar-refractivity contribution >= 4 is 56.6 Å². The average molecular weight is 413 g/mol. The fourth-order valence-electron chi connectivity index (χ4n) is 3.49. The molecule has 142 valence electrons. The van der Waals surface area contributed by atoms with Gasteiger partial charge in [-0.3, -0.25) is 4.79 Å². The van der Waals surface area contributed by atoms with Gasteiger partial charge >= 0.3 is 0 Å². The number of benzene rings is 2. The Hall–Kier alpha value is -2.76. The van der Waals surface area contributed by atoms with Crippen LogP contribution in [0.15, 0.2) is 47.8 Å². The number of H-pyrrole nitrogens is 1. The van der Waals surface area contributed by atoms with Gasteiger partial charge in [0.15, 0.2) is 0 Å². The molecule has 0 fully saturated rings. The van der Waals surface area contributed by atoms with Gasteiger partial charge in [-0.15, -0.1) is 6.58 Å². The van der Waals surface area contributed by atoms with E-state index in [0.717, 1.165) is 22.2 Å². The van der Waals surface area contributed by atoms with Crippen molar-refractivity contribution in [3.63, 3.8) is 0 Å². The van der Waals surface area contributed by atoms with E-state index in [1.165, 1.54) is 0 Å². The fourth-order valence-corrected chi connectivity index (χ4v) is 3.98. The van der Waals surface area contributed by atoms with Crippen LogP contribution in [0.5, 0.6) is 0 Å². The normalized spacial score (nSPS) is 11.3. The van der Waals surface area contributed by atoms with Gasteiger partial charge in [-0.25, -0.2) is 4.98 Å². The lowest BCUT2D eigenvalue weighted by atomic mass is 10.0. The number of fused-ring (bicyclic) bond motifs is 3. The number of aryl methyl sites for hydroxylation is 2. The Morgan fingerprint density at radius 3 is 2.64 bits per heavy atom. The second-order valence-corrected chi connectivity index (χ2v) is 7.44. The first-order valence-electron chi connectivity index (χ1n) is 8.75. The van der Waals surface area contributed by atoms with E-state index in [2.05, 4.69) is 21.9 Å². The van der Waals surface area contributed by atoms with E-state index in [9.17, 15) is 4.79 Å². The number of nitrogens with one attached hydrogen (secondary N) is 2. The van der Waals surface area contributed by atoms with E-state index < -0.39 is 0 Å². The van der Waals surface area contributed by atoms with Gasteiger partial charge in [0.05, 0.1) is 32.2 Å². The van der Waals surface area contributed by atoms with E-state index in [1.807, 2.05) is 30.7 Å². The van der Waals surface area contributed by atoms with Gasteiger partial charge in [-0.2, -0.15) is 0 Å². The van der Waals surface area contributed by atoms with Crippen molar-refractivity contribution in [3.8, 4) is 0 Å². The van der Waals surface area contributed by atoms with Crippen molar-refractivity contribution in [1.82, 2.24) is 14.5 Å². The van der Waals surface area contributed by atoms with E-state index in [-0.39, 0.29) is 5.56 Å². The molecule has 2 aromatic carbocycles. The summed E-state index contributed by atoms with van der Waals surface area (Å²) in [5.74, 6) is 0.546. The molecule has 2 aromatic heterocycles. The van der Waals surface area contributed by atoms with Crippen LogP contribution in [-0.2, 0) is 13.5 Å². The number of allylic oxidation sites excluding steroid dienone is 1. The number of para-hydroxylation sites is 1. The molecule has 0 aliphatic rings. The standard InChI is InChI=1S/C21H18Cl2N4O/c1-4-6-15-11(2)12-9-10-16-19(17(12)20(28)24-15)27(3)21(25-16)26-18-13(22)7-5-8-14(18)23/h4-5,7-10H,1,6H2,2-3H3,(H,24,28)(H,25,26). The number of aromatic amines is 1. The van der Waals surface area contributed by atoms with Gasteiger partial charge in [0.2, 0.25) is 5.95 Å². The lowest BCUT2D eigenvalue weighted by molar-refractivity contribution is 0.960. The van der Waals surface area contributed by atoms with Gasteiger partial charge in [-0.1, -0.05) is 41.4 Å². The highest BCUT2D eigenvalue weighted by atomic mass is 35.5. The number of rotatable bonds is 4. The fraction of sp³-hybridized carbons (Fsp3) is 0.143. The van der Waals surface area contributed by atoms with Gasteiger partial charge in [-0.05, 0) is 36.1 Å². The minimum absolute atomic E-state index is 0.145. The maximum absolute atomic E-state index is 12.9. The first-order valence-corrected chi connectivity index (χ1v) is 9.50. The predicted octanol–water partition coefficient (Wildman–Crippen LogP) is 5.50. The molecule has 0 aliphatic heterocycles. The monoisotopic (exact) mass is 412 g/mol. The summed E-state index contributed by atoms with van der Waals surface area (Å²) in [7, 11) is 1.86. The lowest BCUT2D eigenvalue weighted by Gasteiger charge is -2.11. The zero-order valence-electron chi connectivity index (χ0n) is 15.4. The van der Waals surface area contributed by atoms with Gasteiger partial charge < -0.3 is 14.9 Å². The lowest BCUT2D eigenvalue weighted by Crippen LogP contribution is -2.12. The minimum Gasteiger partial charge on any atom is -0.325 e. The molecule has 2 N–H and O–H groups in total. The van der Waals surface area contributed by atoms with Crippen LogP contribution in [0.1, 0.15) is 11.3 Å². The molecular weight excluding hydrogens is 395 g/mol. The Balaban J connectivity index is 1.97. The minimum atomic E-state index is -0.145. The van der Waals surface area contributed by atoms with Crippen molar-refractivity contribution in [1.29, 1.82) is 0 Å². The molecule has 0 saturated heterocycles. The van der Waals surface area contributed by atoms with Crippen LogP contribution in [0.2, 0.25) is 10.0 Å². The van der Waals surface area contributed by atoms with Crippen LogP contribution in [-0.4, -0.2) is 14.5 Å². The molecule has 0 bridgehead atoms. The zero-order valence-corrected chi connectivity index (χ0v) is 16.9. The third-order valence-electron chi connectivity index (χ3n) is 4.93. The molecule has 4 rings (SSSR count). The van der Waals surface area contributed by atoms with E-state index in [4.69, 9.17) is 23.2 Å². The number of imidazole rings is 1. The van der Waals surface area contributed by atoms with Crippen LogP contribution in [0.25, 0.3) is 21.8 Å². The van der Waals surface area contributed by atoms with Crippen LogP contribution in [0, 0.1) is 6.92 Å². The van der Waals surface area contributed by atoms with Crippen LogP contribution >= 0.6 is 23.2 Å². The van der Waals surface area contributed by atoms with Crippen molar-refractivity contribution in [2.45, 2.75) is 13.3 Å². The van der Waals surface area contributed by atoms with Crippen LogP contribution in [0.4, 0.5) is 11.6 Å². The highest BCUT2D eigenvalue weighted by Crippen LogP contribution is 2.34. The maximum Gasteiger partial charge on any atom is 0.258 e. The molecule has 0 atom stereocenters. The number of aromatic nitrogens is 3. The molecule has 5 nitrogen and oxygen atoms in total. The Kier molecular flexibility index (Phi) is 4.65. The average Bonchev–Trinajstić information content (AvgIpc) is 2.98. The summed E-state index contributed by atoms with van der Waals surface area (Å²) in [6, 6.07) is 9.14. The van der Waals surface area contributed by atoms with Crippen LogP contribution in [0.3, 0.4) is 0 Å². The molecule has 0 aliphatic carbocycles. The molecule has 0 spiro atoms. The first kappa shape index (κ1) is 18.6. The largest absolute Gasteiger partial charge is 0.325 e. The molecule has 0 unspecified atom stereocenters. The molecule has 28 heavy (non-hydrogen) atoms. The predicted molar refractivity (Wildman–Crippen MR) is 117 cm³/mol. The van der Waals surface area contributed by atoms with Gasteiger partial charge in [0.1, 0.15) is 0 Å². The Morgan fingerprint density at radius 1 is 1.25 bits per heavy atom. The summed E-state index contributed by atoms with van der Waals surface area (Å²) in [6.07, 6.45) is 2.39. The smallest absolute Gasteiger partial charge is 0.258 e. The molecule has 0 radical (unpaired) electrons. The number of anilines is 2. The molecular formula is C21H18Cl2N4O. The summed E-state index contributed by atoms with van der Waals surface area (Å²) < 4.78 is 1.85. The Bertz CT molecular complexity index is 1280. The number of pyridine rings is 1. The summed E-state index contributed by atoms with van der Waals surface area (Å²) >= 11 is 12.5. The van der Waals surface area contributed by atoms with Crippen molar-refractivity contribution in [2.75, 3.05) is 5.32 Å². The summed E-state index contributed by atoms with van der Waals surface area (Å²) in [5, 5.41) is 5.69. The summed E-state index contributed by atoms with van der Waals surface area (Å²) in [4.78, 5) is 20.5. The Morgan fingerprint density at radius 2 is 1.96 bits per heavy atom. The van der Waals surface area contributed by atoms with E-state index in [1.54, 1.807) is 24.3 Å². The maximum atomic E-state index is 12.9. The molecule has 7 heteroatoms. The first-order chi connectivity index (χ1) is 13.4. The Labute approximate surface area is 171 Å². The molecule has 4 aromatic rings. The van der Waals surface area contributed by atoms with Crippen LogP contribution < -0.4 is 10.9 Å².